The van der Waals surface area contributed by atoms with Crippen LogP contribution in [-0.2, 0) is 9.53 Å². The number of nitrogens with zero attached hydrogens (tertiary/aromatic N) is 1. The van der Waals surface area contributed by atoms with Crippen molar-refractivity contribution < 1.29 is 14.3 Å². The van der Waals surface area contributed by atoms with Crippen LogP contribution in [0, 0.1) is 11.3 Å². The molecule has 0 spiro atoms. The summed E-state index contributed by atoms with van der Waals surface area (Å²) in [5.74, 6) is 0.299. The van der Waals surface area contributed by atoms with Gasteiger partial charge in [0, 0.05) is 6.08 Å². The zero-order valence-electron chi connectivity index (χ0n) is 14.1. The Morgan fingerprint density at radius 1 is 1.08 bits per heavy atom. The number of nitriles is 1. The fraction of sp³-hybridized carbons (Fsp3) is 0.238. The van der Waals surface area contributed by atoms with E-state index in [0.717, 1.165) is 36.5 Å². The van der Waals surface area contributed by atoms with Gasteiger partial charge in [-0.1, -0.05) is 36.9 Å². The van der Waals surface area contributed by atoms with E-state index in [1.165, 1.54) is 0 Å². The maximum Gasteiger partial charge on any atom is 0.330 e. The molecule has 0 N–H and O–H groups in total. The normalized spacial score (nSPS) is 9.88. The van der Waals surface area contributed by atoms with Gasteiger partial charge in [-0.2, -0.15) is 5.26 Å². The zero-order chi connectivity index (χ0) is 17.9. The predicted octanol–water partition coefficient (Wildman–Crippen LogP) is 4.50. The Kier molecular flexibility index (Phi) is 7.27. The summed E-state index contributed by atoms with van der Waals surface area (Å²) < 4.78 is 10.6. The van der Waals surface area contributed by atoms with Crippen LogP contribution in [0.2, 0.25) is 0 Å². The Labute approximate surface area is 148 Å². The highest BCUT2D eigenvalue weighted by Crippen LogP contribution is 2.26. The molecule has 0 aliphatic carbocycles. The van der Waals surface area contributed by atoms with Gasteiger partial charge in [0.05, 0.1) is 24.8 Å². The lowest BCUT2D eigenvalue weighted by atomic mass is 10.0. The Balaban J connectivity index is 1.81. The minimum absolute atomic E-state index is 0.390. The molecule has 0 aliphatic heterocycles. The van der Waals surface area contributed by atoms with Gasteiger partial charge in [-0.05, 0) is 48.6 Å². The van der Waals surface area contributed by atoms with Crippen molar-refractivity contribution in [2.24, 2.45) is 0 Å². The van der Waals surface area contributed by atoms with E-state index in [1.807, 2.05) is 42.5 Å². The van der Waals surface area contributed by atoms with Crippen molar-refractivity contribution in [1.82, 2.24) is 0 Å². The van der Waals surface area contributed by atoms with E-state index in [-0.39, 0.29) is 0 Å². The highest BCUT2D eigenvalue weighted by Gasteiger charge is 2.06. The maximum absolute atomic E-state index is 10.9. The first-order chi connectivity index (χ1) is 12.2. The third kappa shape index (κ3) is 5.82. The smallest absolute Gasteiger partial charge is 0.330 e. The Morgan fingerprint density at radius 3 is 2.56 bits per heavy atom. The van der Waals surface area contributed by atoms with Gasteiger partial charge in [0.25, 0.3) is 0 Å². The van der Waals surface area contributed by atoms with Crippen molar-refractivity contribution in [3.8, 4) is 22.9 Å². The molecule has 0 unspecified atom stereocenters. The average molecular weight is 335 g/mol. The Hall–Kier alpha value is -3.06. The first-order valence-corrected chi connectivity index (χ1v) is 8.26. The highest BCUT2D eigenvalue weighted by molar-refractivity contribution is 5.81. The molecule has 0 fully saturated rings. The topological polar surface area (TPSA) is 59.3 Å². The summed E-state index contributed by atoms with van der Waals surface area (Å²) in [6, 6.07) is 17.6. The third-order valence-electron chi connectivity index (χ3n) is 3.66. The lowest BCUT2D eigenvalue weighted by molar-refractivity contribution is -0.137. The van der Waals surface area contributed by atoms with Crippen LogP contribution < -0.4 is 4.74 Å². The lowest BCUT2D eigenvalue weighted by Crippen LogP contribution is -2.03. The number of carbonyl (C=O) groups excluding carboxylic acids is 1. The molecule has 4 heteroatoms. The fourth-order valence-corrected chi connectivity index (χ4v) is 2.38. The van der Waals surface area contributed by atoms with E-state index in [2.05, 4.69) is 12.6 Å². The van der Waals surface area contributed by atoms with Gasteiger partial charge in [-0.15, -0.1) is 0 Å². The van der Waals surface area contributed by atoms with Crippen LogP contribution in [0.15, 0.2) is 61.2 Å². The predicted molar refractivity (Wildman–Crippen MR) is 97.1 cm³/mol. The largest absolute Gasteiger partial charge is 0.494 e. The summed E-state index contributed by atoms with van der Waals surface area (Å²) in [6.45, 7) is 4.30. The molecule has 0 aromatic heterocycles. The van der Waals surface area contributed by atoms with Crippen LogP contribution in [0.25, 0.3) is 11.1 Å². The molecule has 0 radical (unpaired) electrons. The molecule has 25 heavy (non-hydrogen) atoms. The van der Waals surface area contributed by atoms with E-state index in [9.17, 15) is 10.1 Å². The minimum Gasteiger partial charge on any atom is -0.494 e. The van der Waals surface area contributed by atoms with Crippen molar-refractivity contribution in [1.29, 1.82) is 5.26 Å². The molecule has 0 amide bonds. The molecule has 0 heterocycles. The van der Waals surface area contributed by atoms with Crippen molar-refractivity contribution >= 4 is 5.97 Å². The highest BCUT2D eigenvalue weighted by atomic mass is 16.5. The minimum atomic E-state index is -0.390. The molecule has 0 saturated carbocycles. The molecular weight excluding hydrogens is 314 g/mol. The number of esters is 1. The number of hydrogen-bond donors (Lipinski definition) is 0. The molecule has 2 rings (SSSR count). The van der Waals surface area contributed by atoms with E-state index >= 15 is 0 Å². The molecule has 128 valence electrons. The molecule has 0 saturated heterocycles. The Bertz CT molecular complexity index is 747. The summed E-state index contributed by atoms with van der Waals surface area (Å²) in [4.78, 5) is 10.9. The van der Waals surface area contributed by atoms with E-state index < -0.39 is 5.97 Å². The van der Waals surface area contributed by atoms with Gasteiger partial charge in [0.15, 0.2) is 0 Å². The first-order valence-electron chi connectivity index (χ1n) is 8.26. The zero-order valence-corrected chi connectivity index (χ0v) is 14.1. The molecule has 0 atom stereocenters. The summed E-state index contributed by atoms with van der Waals surface area (Å²) in [6.07, 6.45) is 3.71. The molecular formula is C21H21NO3. The van der Waals surface area contributed by atoms with Crippen molar-refractivity contribution in [3.05, 3.63) is 66.7 Å². The summed E-state index contributed by atoms with van der Waals surface area (Å²) in [5, 5.41) is 9.38. The SMILES string of the molecule is C=CC(=O)OCCCCCOc1ccc(-c2ccccc2)c(C#N)c1. The van der Waals surface area contributed by atoms with Gasteiger partial charge < -0.3 is 9.47 Å². The van der Waals surface area contributed by atoms with Crippen LogP contribution in [0.1, 0.15) is 24.8 Å². The standard InChI is InChI=1S/C21H21NO3/c1-2-21(23)25-14-8-4-7-13-24-19-11-12-20(18(15-19)16-22)17-9-5-3-6-10-17/h2-3,5-6,9-12,15H,1,4,7-8,13-14H2. The number of hydrogen-bond acceptors (Lipinski definition) is 4. The quantitative estimate of drug-likeness (QED) is 0.384. The van der Waals surface area contributed by atoms with Crippen molar-refractivity contribution in [3.63, 3.8) is 0 Å². The van der Waals surface area contributed by atoms with Gasteiger partial charge in [0.1, 0.15) is 5.75 Å². The summed E-state index contributed by atoms with van der Waals surface area (Å²) in [7, 11) is 0. The van der Waals surface area contributed by atoms with E-state index in [1.54, 1.807) is 6.07 Å². The van der Waals surface area contributed by atoms with Crippen LogP contribution in [0.3, 0.4) is 0 Å². The maximum atomic E-state index is 10.9. The molecule has 0 bridgehead atoms. The number of benzene rings is 2. The third-order valence-corrected chi connectivity index (χ3v) is 3.66. The Morgan fingerprint density at radius 2 is 1.84 bits per heavy atom. The van der Waals surface area contributed by atoms with Crippen LogP contribution in [0.4, 0.5) is 0 Å². The monoisotopic (exact) mass is 335 g/mol. The van der Waals surface area contributed by atoms with Crippen LogP contribution in [-0.4, -0.2) is 19.2 Å². The van der Waals surface area contributed by atoms with Gasteiger partial charge >= 0.3 is 5.97 Å². The number of carbonyl (C=O) groups is 1. The van der Waals surface area contributed by atoms with Crippen molar-refractivity contribution in [2.45, 2.75) is 19.3 Å². The van der Waals surface area contributed by atoms with Crippen molar-refractivity contribution in [2.75, 3.05) is 13.2 Å². The fourth-order valence-electron chi connectivity index (χ4n) is 2.38. The van der Waals surface area contributed by atoms with Crippen LogP contribution in [0.5, 0.6) is 5.75 Å². The van der Waals surface area contributed by atoms with E-state index in [0.29, 0.717) is 24.5 Å². The summed E-state index contributed by atoms with van der Waals surface area (Å²) >= 11 is 0. The molecule has 0 aliphatic rings. The van der Waals surface area contributed by atoms with Gasteiger partial charge in [-0.25, -0.2) is 4.79 Å². The number of ether oxygens (including phenoxy) is 2. The average Bonchev–Trinajstić information content (AvgIpc) is 2.67. The first kappa shape index (κ1) is 18.3. The lowest BCUT2D eigenvalue weighted by Gasteiger charge is -2.09. The molecule has 2 aromatic carbocycles. The van der Waals surface area contributed by atoms with Crippen LogP contribution >= 0.6 is 0 Å². The number of rotatable bonds is 9. The van der Waals surface area contributed by atoms with Gasteiger partial charge in [0.2, 0.25) is 0 Å². The second-order valence-electron chi connectivity index (χ2n) is 5.47. The molecule has 2 aromatic rings. The van der Waals surface area contributed by atoms with Gasteiger partial charge in [-0.3, -0.25) is 0 Å². The second-order valence-corrected chi connectivity index (χ2v) is 5.47. The number of unbranched alkanes of at least 4 members (excludes halogenated alkanes) is 2. The molecule has 4 nitrogen and oxygen atoms in total. The van der Waals surface area contributed by atoms with E-state index in [4.69, 9.17) is 9.47 Å². The second kappa shape index (κ2) is 9.94. The summed E-state index contributed by atoms with van der Waals surface area (Å²) in [5.41, 5.74) is 2.51.